The molecule has 1 fully saturated rings. The molecule has 2 heterocycles. The normalized spacial score (nSPS) is 22.3. The minimum Gasteiger partial charge on any atom is -0.442 e. The molecule has 3 rings (SSSR count). The molecule has 2 atom stereocenters. The molecule has 3 amide bonds. The fraction of sp³-hybridized carbons (Fsp3) is 0.471. The highest BCUT2D eigenvalue weighted by Crippen LogP contribution is 2.35. The minimum absolute atomic E-state index is 0.0716. The molecule has 0 aromatic heterocycles. The van der Waals surface area contributed by atoms with Crippen LogP contribution in [-0.2, 0) is 20.7 Å². The first-order valence-corrected chi connectivity index (χ1v) is 8.15. The Balaban J connectivity index is 1.73. The van der Waals surface area contributed by atoms with Crippen molar-refractivity contribution in [3.8, 4) is 0 Å². The van der Waals surface area contributed by atoms with Crippen LogP contribution in [-0.4, -0.2) is 43.6 Å². The average Bonchev–Trinajstić information content (AvgIpc) is 3.10. The van der Waals surface area contributed by atoms with Crippen LogP contribution < -0.4 is 15.1 Å². The highest BCUT2D eigenvalue weighted by molar-refractivity contribution is 5.92. The number of rotatable bonds is 5. The number of amides is 3. The summed E-state index contributed by atoms with van der Waals surface area (Å²) in [7, 11) is 0. The van der Waals surface area contributed by atoms with Crippen molar-refractivity contribution >= 4 is 29.8 Å². The molecule has 0 saturated carbocycles. The largest absolute Gasteiger partial charge is 0.442 e. The van der Waals surface area contributed by atoms with Crippen molar-refractivity contribution < 1.29 is 19.1 Å². The summed E-state index contributed by atoms with van der Waals surface area (Å²) in [5.74, 6) is -0.0716. The third-order valence-corrected chi connectivity index (χ3v) is 4.48. The van der Waals surface area contributed by atoms with Gasteiger partial charge in [0, 0.05) is 23.8 Å². The van der Waals surface area contributed by atoms with E-state index >= 15 is 0 Å². The summed E-state index contributed by atoms with van der Waals surface area (Å²) in [6.45, 7) is 4.44. The molecule has 2 aliphatic rings. The van der Waals surface area contributed by atoms with E-state index in [1.807, 2.05) is 25.1 Å². The number of nitrogens with zero attached hydrogens (tertiary/aromatic N) is 2. The van der Waals surface area contributed by atoms with Gasteiger partial charge >= 0.3 is 6.09 Å². The average molecular weight is 331 g/mol. The third kappa shape index (κ3) is 2.93. The van der Waals surface area contributed by atoms with E-state index < -0.39 is 6.09 Å². The van der Waals surface area contributed by atoms with E-state index in [0.29, 0.717) is 25.2 Å². The Kier molecular flexibility index (Phi) is 4.42. The quantitative estimate of drug-likeness (QED) is 0.828. The van der Waals surface area contributed by atoms with E-state index in [1.165, 1.54) is 4.90 Å². The summed E-state index contributed by atoms with van der Waals surface area (Å²) in [5.41, 5.74) is 2.63. The predicted molar refractivity (Wildman–Crippen MR) is 89.1 cm³/mol. The number of hydrogen-bond acceptors (Lipinski definition) is 4. The third-order valence-electron chi connectivity index (χ3n) is 4.48. The lowest BCUT2D eigenvalue weighted by Crippen LogP contribution is -2.34. The van der Waals surface area contributed by atoms with Gasteiger partial charge in [0.1, 0.15) is 6.10 Å². The zero-order chi connectivity index (χ0) is 17.3. The minimum atomic E-state index is -0.436. The van der Waals surface area contributed by atoms with Crippen molar-refractivity contribution in [2.75, 3.05) is 22.9 Å². The standard InChI is InChI=1S/C17H21N3O4/c1-3-16(22)18-8-14-9-19(17(23)24-14)13-5-4-12-6-11(2)20(10-21)15(12)7-13/h4-5,7,10-11,14H,3,6,8-9H2,1-2H3,(H,18,22)/t11-,14+/m1/s1. The van der Waals surface area contributed by atoms with E-state index in [1.54, 1.807) is 11.8 Å². The molecule has 2 aliphatic heterocycles. The lowest BCUT2D eigenvalue weighted by molar-refractivity contribution is -0.121. The maximum atomic E-state index is 12.1. The van der Waals surface area contributed by atoms with Crippen LogP contribution in [0.4, 0.5) is 16.2 Å². The first-order chi connectivity index (χ1) is 11.5. The summed E-state index contributed by atoms with van der Waals surface area (Å²) in [5, 5.41) is 2.73. The fourth-order valence-corrected chi connectivity index (χ4v) is 3.14. The Hall–Kier alpha value is -2.57. The number of hydrogen-bond donors (Lipinski definition) is 1. The van der Waals surface area contributed by atoms with E-state index in [4.69, 9.17) is 4.74 Å². The second kappa shape index (κ2) is 6.51. The first-order valence-electron chi connectivity index (χ1n) is 8.15. The van der Waals surface area contributed by atoms with E-state index in [0.717, 1.165) is 24.1 Å². The van der Waals surface area contributed by atoms with Gasteiger partial charge in [0.15, 0.2) is 0 Å². The van der Waals surface area contributed by atoms with Crippen LogP contribution in [0.25, 0.3) is 0 Å². The molecule has 128 valence electrons. The molecular formula is C17H21N3O4. The Morgan fingerprint density at radius 3 is 2.96 bits per heavy atom. The Bertz CT molecular complexity index is 676. The number of ether oxygens (including phenoxy) is 1. The lowest BCUT2D eigenvalue weighted by atomic mass is 10.1. The predicted octanol–water partition coefficient (Wildman–Crippen LogP) is 1.45. The maximum absolute atomic E-state index is 12.1. The monoisotopic (exact) mass is 331 g/mol. The summed E-state index contributed by atoms with van der Waals surface area (Å²) in [6, 6.07) is 5.79. The van der Waals surface area contributed by atoms with Crippen molar-refractivity contribution in [1.82, 2.24) is 5.32 Å². The van der Waals surface area contributed by atoms with Crippen molar-refractivity contribution in [3.63, 3.8) is 0 Å². The SMILES string of the molecule is CCC(=O)NC[C@H]1CN(c2ccc3c(c2)N(C=O)[C@H](C)C3)C(=O)O1. The lowest BCUT2D eigenvalue weighted by Gasteiger charge is -2.19. The van der Waals surface area contributed by atoms with Gasteiger partial charge in [-0.1, -0.05) is 13.0 Å². The summed E-state index contributed by atoms with van der Waals surface area (Å²) in [6.07, 6.45) is 1.22. The zero-order valence-corrected chi connectivity index (χ0v) is 13.8. The maximum Gasteiger partial charge on any atom is 0.414 e. The van der Waals surface area contributed by atoms with Gasteiger partial charge in [-0.05, 0) is 31.0 Å². The van der Waals surface area contributed by atoms with Gasteiger partial charge < -0.3 is 15.0 Å². The summed E-state index contributed by atoms with van der Waals surface area (Å²) < 4.78 is 5.31. The number of nitrogens with one attached hydrogen (secondary N) is 1. The van der Waals surface area contributed by atoms with Crippen LogP contribution in [0.5, 0.6) is 0 Å². The van der Waals surface area contributed by atoms with Crippen LogP contribution in [0.15, 0.2) is 18.2 Å². The summed E-state index contributed by atoms with van der Waals surface area (Å²) in [4.78, 5) is 38.0. The first kappa shape index (κ1) is 16.3. The number of carbonyl (C=O) groups is 3. The van der Waals surface area contributed by atoms with Crippen LogP contribution in [0.1, 0.15) is 25.8 Å². The van der Waals surface area contributed by atoms with Gasteiger partial charge in [-0.2, -0.15) is 0 Å². The molecule has 0 bridgehead atoms. The molecule has 1 aromatic rings. The highest BCUT2D eigenvalue weighted by atomic mass is 16.6. The van der Waals surface area contributed by atoms with Gasteiger partial charge in [0.25, 0.3) is 0 Å². The molecule has 1 N–H and O–H groups in total. The van der Waals surface area contributed by atoms with Crippen molar-refractivity contribution in [3.05, 3.63) is 23.8 Å². The highest BCUT2D eigenvalue weighted by Gasteiger charge is 2.34. The molecule has 0 aliphatic carbocycles. The number of cyclic esters (lactones) is 1. The Labute approximate surface area is 140 Å². The molecule has 0 unspecified atom stereocenters. The Morgan fingerprint density at radius 2 is 2.25 bits per heavy atom. The van der Waals surface area contributed by atoms with Gasteiger partial charge in [-0.3, -0.25) is 14.5 Å². The van der Waals surface area contributed by atoms with Crippen molar-refractivity contribution in [2.24, 2.45) is 0 Å². The van der Waals surface area contributed by atoms with E-state index in [9.17, 15) is 14.4 Å². The second-order valence-corrected chi connectivity index (χ2v) is 6.15. The van der Waals surface area contributed by atoms with Gasteiger partial charge in [-0.15, -0.1) is 0 Å². The van der Waals surface area contributed by atoms with Crippen LogP contribution in [0.3, 0.4) is 0 Å². The number of fused-ring (bicyclic) bond motifs is 1. The topological polar surface area (TPSA) is 79.0 Å². The molecule has 0 radical (unpaired) electrons. The molecule has 7 heteroatoms. The number of benzene rings is 1. The van der Waals surface area contributed by atoms with Gasteiger partial charge in [-0.25, -0.2) is 4.79 Å². The van der Waals surface area contributed by atoms with Crippen LogP contribution >= 0.6 is 0 Å². The van der Waals surface area contributed by atoms with Crippen LogP contribution in [0, 0.1) is 0 Å². The van der Waals surface area contributed by atoms with Crippen molar-refractivity contribution in [2.45, 2.75) is 38.8 Å². The molecule has 24 heavy (non-hydrogen) atoms. The molecular weight excluding hydrogens is 310 g/mol. The summed E-state index contributed by atoms with van der Waals surface area (Å²) >= 11 is 0. The van der Waals surface area contributed by atoms with Crippen molar-refractivity contribution in [1.29, 1.82) is 0 Å². The second-order valence-electron chi connectivity index (χ2n) is 6.15. The van der Waals surface area contributed by atoms with E-state index in [2.05, 4.69) is 5.32 Å². The zero-order valence-electron chi connectivity index (χ0n) is 13.8. The molecule has 0 spiro atoms. The van der Waals surface area contributed by atoms with Gasteiger partial charge in [0.05, 0.1) is 13.1 Å². The van der Waals surface area contributed by atoms with Crippen LogP contribution in [0.2, 0.25) is 0 Å². The van der Waals surface area contributed by atoms with E-state index in [-0.39, 0.29) is 18.1 Å². The number of carbonyl (C=O) groups excluding carboxylic acids is 3. The van der Waals surface area contributed by atoms with Gasteiger partial charge in [0.2, 0.25) is 12.3 Å². The number of anilines is 2. The molecule has 7 nitrogen and oxygen atoms in total. The molecule has 1 saturated heterocycles. The molecule has 1 aromatic carbocycles. The smallest absolute Gasteiger partial charge is 0.414 e. The Morgan fingerprint density at radius 1 is 1.46 bits per heavy atom. The fourth-order valence-electron chi connectivity index (χ4n) is 3.14.